The summed E-state index contributed by atoms with van der Waals surface area (Å²) < 4.78 is 27.8. The monoisotopic (exact) mass is 519 g/mol. The molecule has 1 aliphatic carbocycles. The van der Waals surface area contributed by atoms with Crippen molar-refractivity contribution in [2.45, 2.75) is 12.0 Å². The number of ether oxygens (including phenoxy) is 5. The van der Waals surface area contributed by atoms with Gasteiger partial charge in [0.1, 0.15) is 0 Å². The first-order chi connectivity index (χ1) is 18.4. The Bertz CT molecular complexity index is 1410. The Balaban J connectivity index is 1.51. The van der Waals surface area contributed by atoms with Crippen LogP contribution >= 0.6 is 0 Å². The molecule has 1 fully saturated rings. The van der Waals surface area contributed by atoms with Crippen molar-refractivity contribution in [3.8, 4) is 28.7 Å². The highest BCUT2D eigenvalue weighted by atomic mass is 16.7. The molecule has 3 N–H and O–H groups in total. The largest absolute Gasteiger partial charge is 0.502 e. The van der Waals surface area contributed by atoms with Crippen LogP contribution in [0.2, 0.25) is 0 Å². The number of nitrogens with one attached hydrogen (secondary N) is 1. The highest BCUT2D eigenvalue weighted by Crippen LogP contribution is 2.56. The molecule has 2 aliphatic heterocycles. The van der Waals surface area contributed by atoms with Gasteiger partial charge in [-0.3, -0.25) is 4.79 Å². The van der Waals surface area contributed by atoms with Crippen LogP contribution in [0.1, 0.15) is 39.0 Å². The van der Waals surface area contributed by atoms with E-state index in [1.807, 2.05) is 12.1 Å². The third kappa shape index (κ3) is 3.71. The fourth-order valence-electron chi connectivity index (χ4n) is 5.73. The van der Waals surface area contributed by atoms with Crippen molar-refractivity contribution >= 4 is 17.6 Å². The van der Waals surface area contributed by atoms with Crippen molar-refractivity contribution < 1.29 is 43.5 Å². The predicted octanol–water partition coefficient (Wildman–Crippen LogP) is 3.92. The number of carboxylic acids is 1. The van der Waals surface area contributed by atoms with E-state index in [4.69, 9.17) is 23.7 Å². The molecule has 0 saturated carbocycles. The standard InChI is InChI=1S/C28H25NO9/c1-34-21-7-14(8-22(35-2)26(21)30)23-16-9-19-20(38-12-37-19)10-17(16)25(18-11-36-28(33)24(18)23)29-15-5-3-13(4-6-15)27(31)32/h3-10,18,23-25,29-30H,11-12H2,1-2H3,(H,31,32)/t18-,23+,24-,25+/m0/s1. The van der Waals surface area contributed by atoms with E-state index in [0.717, 1.165) is 16.7 Å². The maximum atomic E-state index is 13.2. The van der Waals surface area contributed by atoms with Crippen LogP contribution in [0.25, 0.3) is 0 Å². The summed E-state index contributed by atoms with van der Waals surface area (Å²) in [5, 5.41) is 23.3. The first kappa shape index (κ1) is 23.8. The lowest BCUT2D eigenvalue weighted by Gasteiger charge is -2.40. The number of phenolic OH excluding ortho intramolecular Hbond substituents is 1. The van der Waals surface area contributed by atoms with Crippen LogP contribution in [0.3, 0.4) is 0 Å². The molecule has 1 saturated heterocycles. The van der Waals surface area contributed by atoms with Crippen LogP contribution in [0.5, 0.6) is 28.7 Å². The molecular weight excluding hydrogens is 494 g/mol. The maximum absolute atomic E-state index is 13.2. The fourth-order valence-corrected chi connectivity index (χ4v) is 5.73. The molecule has 0 bridgehead atoms. The van der Waals surface area contributed by atoms with Crippen molar-refractivity contribution in [1.29, 1.82) is 0 Å². The molecule has 4 atom stereocenters. The number of carboxylic acid groups (broad SMARTS) is 1. The first-order valence-electron chi connectivity index (χ1n) is 12.0. The highest BCUT2D eigenvalue weighted by Gasteiger charge is 2.52. The van der Waals surface area contributed by atoms with Gasteiger partial charge in [0, 0.05) is 17.5 Å². The Morgan fingerprint density at radius 3 is 2.18 bits per heavy atom. The van der Waals surface area contributed by atoms with E-state index >= 15 is 0 Å². The maximum Gasteiger partial charge on any atom is 0.335 e. The number of aromatic carboxylic acids is 1. The SMILES string of the molecule is COc1cc([C@@H]2c3cc4c(cc3[C@@H](Nc3ccc(C(=O)O)cc3)[C@H]3COC(=O)[C@H]23)OCO4)cc(OC)c1O. The Morgan fingerprint density at radius 2 is 1.58 bits per heavy atom. The van der Waals surface area contributed by atoms with Crippen molar-refractivity contribution in [1.82, 2.24) is 0 Å². The summed E-state index contributed by atoms with van der Waals surface area (Å²) in [7, 11) is 2.90. The average Bonchev–Trinajstić information content (AvgIpc) is 3.54. The van der Waals surface area contributed by atoms with Crippen LogP contribution < -0.4 is 24.3 Å². The molecule has 10 nitrogen and oxygen atoms in total. The van der Waals surface area contributed by atoms with E-state index in [0.29, 0.717) is 17.2 Å². The molecule has 10 heteroatoms. The van der Waals surface area contributed by atoms with Gasteiger partial charge in [-0.2, -0.15) is 0 Å². The Hall–Kier alpha value is -4.60. The second kappa shape index (κ2) is 9.05. The highest BCUT2D eigenvalue weighted by molar-refractivity contribution is 5.88. The average molecular weight is 520 g/mol. The molecule has 0 radical (unpaired) electrons. The smallest absolute Gasteiger partial charge is 0.335 e. The van der Waals surface area contributed by atoms with Gasteiger partial charge in [0.05, 0.1) is 38.3 Å². The molecule has 3 aromatic carbocycles. The van der Waals surface area contributed by atoms with E-state index in [2.05, 4.69) is 5.32 Å². The van der Waals surface area contributed by atoms with Crippen molar-refractivity contribution in [3.63, 3.8) is 0 Å². The minimum absolute atomic E-state index is 0.0907. The lowest BCUT2D eigenvalue weighted by atomic mass is 9.65. The summed E-state index contributed by atoms with van der Waals surface area (Å²) in [6, 6.07) is 13.3. The van der Waals surface area contributed by atoms with Crippen molar-refractivity contribution in [2.24, 2.45) is 11.8 Å². The van der Waals surface area contributed by atoms with Gasteiger partial charge in [-0.1, -0.05) is 0 Å². The van der Waals surface area contributed by atoms with Crippen LogP contribution in [-0.2, 0) is 9.53 Å². The van der Waals surface area contributed by atoms with E-state index in [1.54, 1.807) is 24.3 Å². The number of aromatic hydroxyl groups is 1. The molecule has 6 rings (SSSR count). The van der Waals surface area contributed by atoms with Gasteiger partial charge in [-0.15, -0.1) is 0 Å². The molecule has 38 heavy (non-hydrogen) atoms. The molecule has 3 aromatic rings. The number of phenols is 1. The van der Waals surface area contributed by atoms with E-state index in [9.17, 15) is 19.8 Å². The second-order valence-corrected chi connectivity index (χ2v) is 9.41. The lowest BCUT2D eigenvalue weighted by molar-refractivity contribution is -0.141. The van der Waals surface area contributed by atoms with Crippen LogP contribution in [0.4, 0.5) is 5.69 Å². The molecule has 0 spiro atoms. The quantitative estimate of drug-likeness (QED) is 0.412. The first-order valence-corrected chi connectivity index (χ1v) is 12.0. The molecule has 0 aromatic heterocycles. The lowest BCUT2D eigenvalue weighted by Crippen LogP contribution is -2.37. The van der Waals surface area contributed by atoms with Gasteiger partial charge in [0.25, 0.3) is 0 Å². The van der Waals surface area contributed by atoms with Crippen molar-refractivity contribution in [3.05, 3.63) is 70.8 Å². The summed E-state index contributed by atoms with van der Waals surface area (Å²) in [4.78, 5) is 24.6. The summed E-state index contributed by atoms with van der Waals surface area (Å²) in [5.41, 5.74) is 3.33. The number of carbonyl (C=O) groups excluding carboxylic acids is 1. The Morgan fingerprint density at radius 1 is 0.947 bits per heavy atom. The normalized spacial score (nSPS) is 22.7. The Kier molecular flexibility index (Phi) is 5.67. The van der Waals surface area contributed by atoms with Crippen LogP contribution in [0, 0.1) is 11.8 Å². The summed E-state index contributed by atoms with van der Waals surface area (Å²) in [5.74, 6) is -1.12. The predicted molar refractivity (Wildman–Crippen MR) is 133 cm³/mol. The number of methoxy groups -OCH3 is 2. The summed E-state index contributed by atoms with van der Waals surface area (Å²) in [6.45, 7) is 0.290. The number of anilines is 1. The van der Waals surface area contributed by atoms with Gasteiger partial charge in [-0.25, -0.2) is 4.79 Å². The van der Waals surface area contributed by atoms with Gasteiger partial charge in [-0.05, 0) is 65.2 Å². The number of hydrogen-bond donors (Lipinski definition) is 3. The van der Waals surface area contributed by atoms with E-state index in [-0.39, 0.29) is 54.1 Å². The second-order valence-electron chi connectivity index (χ2n) is 9.41. The van der Waals surface area contributed by atoms with Crippen LogP contribution in [-0.4, -0.2) is 49.8 Å². The molecule has 196 valence electrons. The van der Waals surface area contributed by atoms with Gasteiger partial charge in [0.15, 0.2) is 23.0 Å². The summed E-state index contributed by atoms with van der Waals surface area (Å²) in [6.07, 6.45) is 0. The molecular formula is C28H25NO9. The molecule has 2 heterocycles. The third-order valence-corrected chi connectivity index (χ3v) is 7.50. The van der Waals surface area contributed by atoms with Crippen LogP contribution in [0.15, 0.2) is 48.5 Å². The minimum Gasteiger partial charge on any atom is -0.502 e. The van der Waals surface area contributed by atoms with E-state index < -0.39 is 17.8 Å². The fraction of sp³-hybridized carbons (Fsp3) is 0.286. The number of fused-ring (bicyclic) bond motifs is 3. The number of rotatable bonds is 6. The topological polar surface area (TPSA) is 133 Å². The zero-order valence-electron chi connectivity index (χ0n) is 20.6. The zero-order chi connectivity index (χ0) is 26.6. The Labute approximate surface area is 217 Å². The van der Waals surface area contributed by atoms with Gasteiger partial charge < -0.3 is 39.2 Å². The number of benzene rings is 3. The molecule has 0 amide bonds. The third-order valence-electron chi connectivity index (χ3n) is 7.50. The molecule has 0 unspecified atom stereocenters. The number of cyclic esters (lactones) is 1. The number of hydrogen-bond acceptors (Lipinski definition) is 9. The van der Waals surface area contributed by atoms with Gasteiger partial charge in [0.2, 0.25) is 12.5 Å². The van der Waals surface area contributed by atoms with Gasteiger partial charge >= 0.3 is 11.9 Å². The summed E-state index contributed by atoms with van der Waals surface area (Å²) >= 11 is 0. The number of esters is 1. The number of carbonyl (C=O) groups is 2. The van der Waals surface area contributed by atoms with Crippen molar-refractivity contribution in [2.75, 3.05) is 32.9 Å². The minimum atomic E-state index is -1.01. The molecule has 3 aliphatic rings. The zero-order valence-corrected chi connectivity index (χ0v) is 20.6. The van der Waals surface area contributed by atoms with E-state index in [1.165, 1.54) is 26.4 Å².